The molecule has 0 spiro atoms. The molecule has 154 valence electrons. The molecule has 1 aliphatic heterocycles. The van der Waals surface area contributed by atoms with E-state index in [0.29, 0.717) is 25.9 Å². The van der Waals surface area contributed by atoms with Crippen LogP contribution in [0.5, 0.6) is 0 Å². The lowest BCUT2D eigenvalue weighted by molar-refractivity contribution is -0.385. The molecule has 0 radical (unpaired) electrons. The Kier molecular flexibility index (Phi) is 6.23. The van der Waals surface area contributed by atoms with E-state index in [1.54, 1.807) is 11.0 Å². The summed E-state index contributed by atoms with van der Waals surface area (Å²) in [6.45, 7) is 0.958. The van der Waals surface area contributed by atoms with Gasteiger partial charge in [-0.3, -0.25) is 14.9 Å². The van der Waals surface area contributed by atoms with E-state index in [0.717, 1.165) is 6.07 Å². The number of nitro groups is 1. The zero-order chi connectivity index (χ0) is 21.0. The largest absolute Gasteiger partial charge is 0.339 e. The van der Waals surface area contributed by atoms with Gasteiger partial charge in [-0.2, -0.15) is 0 Å². The summed E-state index contributed by atoms with van der Waals surface area (Å²) in [5, 5.41) is 10.8. The van der Waals surface area contributed by atoms with Gasteiger partial charge < -0.3 is 4.90 Å². The fourth-order valence-electron chi connectivity index (χ4n) is 3.22. The number of benzene rings is 2. The van der Waals surface area contributed by atoms with Gasteiger partial charge in [0.1, 0.15) is 5.82 Å². The molecule has 0 saturated carbocycles. The number of carbonyl (C=O) groups excluding carboxylic acids is 1. The summed E-state index contributed by atoms with van der Waals surface area (Å²) < 4.78 is 41.1. The predicted octanol–water partition coefficient (Wildman–Crippen LogP) is 2.56. The summed E-state index contributed by atoms with van der Waals surface area (Å²) >= 11 is 0. The molecule has 3 rings (SSSR count). The van der Waals surface area contributed by atoms with E-state index < -0.39 is 20.8 Å². The minimum atomic E-state index is -3.88. The van der Waals surface area contributed by atoms with Gasteiger partial charge in [-0.1, -0.05) is 18.2 Å². The molecule has 2 aromatic carbocycles. The highest BCUT2D eigenvalue weighted by molar-refractivity contribution is 7.89. The number of nitrogens with zero attached hydrogens (tertiary/aromatic N) is 2. The Labute approximate surface area is 167 Å². The van der Waals surface area contributed by atoms with E-state index in [9.17, 15) is 27.7 Å². The van der Waals surface area contributed by atoms with Crippen LogP contribution in [-0.2, 0) is 10.0 Å². The van der Waals surface area contributed by atoms with Gasteiger partial charge in [0.15, 0.2) is 0 Å². The molecule has 2 aromatic rings. The number of piperidine rings is 1. The van der Waals surface area contributed by atoms with Crippen LogP contribution in [-0.4, -0.2) is 43.8 Å². The quantitative estimate of drug-likeness (QED) is 0.569. The molecular formula is C19H20FN3O5S. The highest BCUT2D eigenvalue weighted by Gasteiger charge is 2.26. The Bertz CT molecular complexity index is 1020. The molecule has 0 aromatic heterocycles. The van der Waals surface area contributed by atoms with Crippen molar-refractivity contribution in [3.8, 4) is 0 Å². The average Bonchev–Trinajstić information content (AvgIpc) is 2.72. The zero-order valence-electron chi connectivity index (χ0n) is 15.5. The van der Waals surface area contributed by atoms with E-state index in [4.69, 9.17) is 0 Å². The maximum Gasteiger partial charge on any atom is 0.270 e. The summed E-state index contributed by atoms with van der Waals surface area (Å²) in [5.74, 6) is -0.934. The van der Waals surface area contributed by atoms with Gasteiger partial charge in [-0.15, -0.1) is 0 Å². The van der Waals surface area contributed by atoms with Crippen LogP contribution < -0.4 is 4.72 Å². The SMILES string of the molecule is O=C(c1ccccc1F)N1CCC(CNS(=O)(=O)c2cccc([N+](=O)[O-])c2)CC1. The Balaban J connectivity index is 1.56. The van der Waals surface area contributed by atoms with Gasteiger partial charge in [0, 0.05) is 31.8 Å². The van der Waals surface area contributed by atoms with E-state index in [1.165, 1.54) is 36.4 Å². The van der Waals surface area contributed by atoms with Gasteiger partial charge in [0.25, 0.3) is 11.6 Å². The monoisotopic (exact) mass is 421 g/mol. The molecule has 0 unspecified atom stereocenters. The first-order chi connectivity index (χ1) is 13.8. The Morgan fingerprint density at radius 3 is 2.52 bits per heavy atom. The van der Waals surface area contributed by atoms with Crippen LogP contribution in [0, 0.1) is 21.8 Å². The number of amides is 1. The third kappa shape index (κ3) is 4.96. The van der Waals surface area contributed by atoms with Crippen molar-refractivity contribution < 1.29 is 22.5 Å². The van der Waals surface area contributed by atoms with E-state index in [-0.39, 0.29) is 34.5 Å². The first kappa shape index (κ1) is 20.9. The van der Waals surface area contributed by atoms with Crippen LogP contribution >= 0.6 is 0 Å². The maximum absolute atomic E-state index is 13.8. The van der Waals surface area contributed by atoms with Crippen LogP contribution in [0.3, 0.4) is 0 Å². The number of rotatable bonds is 6. The first-order valence-electron chi connectivity index (χ1n) is 9.06. The summed E-state index contributed by atoms with van der Waals surface area (Å²) in [4.78, 5) is 24.0. The molecule has 1 heterocycles. The van der Waals surface area contributed by atoms with Gasteiger partial charge in [0.05, 0.1) is 15.4 Å². The zero-order valence-corrected chi connectivity index (χ0v) is 16.3. The van der Waals surface area contributed by atoms with Gasteiger partial charge in [-0.25, -0.2) is 17.5 Å². The number of hydrogen-bond acceptors (Lipinski definition) is 5. The molecular weight excluding hydrogens is 401 g/mol. The fraction of sp³-hybridized carbons (Fsp3) is 0.316. The number of halogens is 1. The van der Waals surface area contributed by atoms with Crippen molar-refractivity contribution in [2.24, 2.45) is 5.92 Å². The summed E-state index contributed by atoms with van der Waals surface area (Å²) in [5.41, 5.74) is -0.273. The van der Waals surface area contributed by atoms with Crippen molar-refractivity contribution in [1.82, 2.24) is 9.62 Å². The Hall–Kier alpha value is -2.85. The highest BCUT2D eigenvalue weighted by Crippen LogP contribution is 2.21. The van der Waals surface area contributed by atoms with Gasteiger partial charge in [-0.05, 0) is 37.0 Å². The van der Waals surface area contributed by atoms with Crippen LogP contribution in [0.4, 0.5) is 10.1 Å². The van der Waals surface area contributed by atoms with Crippen molar-refractivity contribution in [2.45, 2.75) is 17.7 Å². The van der Waals surface area contributed by atoms with Crippen molar-refractivity contribution in [3.63, 3.8) is 0 Å². The third-order valence-corrected chi connectivity index (χ3v) is 6.33. The molecule has 1 N–H and O–H groups in total. The number of hydrogen-bond donors (Lipinski definition) is 1. The minimum Gasteiger partial charge on any atom is -0.339 e. The Morgan fingerprint density at radius 2 is 1.86 bits per heavy atom. The maximum atomic E-state index is 13.8. The molecule has 10 heteroatoms. The number of non-ortho nitro benzene ring substituents is 1. The molecule has 0 aliphatic carbocycles. The van der Waals surface area contributed by atoms with Gasteiger partial charge >= 0.3 is 0 Å². The number of sulfonamides is 1. The lowest BCUT2D eigenvalue weighted by Gasteiger charge is -2.32. The van der Waals surface area contributed by atoms with E-state index in [1.807, 2.05) is 0 Å². The lowest BCUT2D eigenvalue weighted by atomic mass is 9.96. The highest BCUT2D eigenvalue weighted by atomic mass is 32.2. The standard InChI is InChI=1S/C19H20FN3O5S/c20-18-7-2-1-6-17(18)19(24)22-10-8-14(9-11-22)13-21-29(27,28)16-5-3-4-15(12-16)23(25)26/h1-7,12,14,21H,8-11,13H2. The van der Waals surface area contributed by atoms with E-state index >= 15 is 0 Å². The van der Waals surface area contributed by atoms with Crippen LogP contribution in [0.2, 0.25) is 0 Å². The fourth-order valence-corrected chi connectivity index (χ4v) is 4.38. The minimum absolute atomic E-state index is 0.00754. The van der Waals surface area contributed by atoms with Crippen molar-refractivity contribution in [1.29, 1.82) is 0 Å². The van der Waals surface area contributed by atoms with Crippen molar-refractivity contribution in [3.05, 3.63) is 70.0 Å². The molecule has 1 aliphatic rings. The van der Waals surface area contributed by atoms with Crippen molar-refractivity contribution >= 4 is 21.6 Å². The van der Waals surface area contributed by atoms with Crippen LogP contribution in [0.25, 0.3) is 0 Å². The molecule has 0 bridgehead atoms. The van der Waals surface area contributed by atoms with Crippen LogP contribution in [0.1, 0.15) is 23.2 Å². The number of likely N-dealkylation sites (tertiary alicyclic amines) is 1. The van der Waals surface area contributed by atoms with Gasteiger partial charge in [0.2, 0.25) is 10.0 Å². The summed E-state index contributed by atoms with van der Waals surface area (Å²) in [6, 6.07) is 10.7. The Morgan fingerprint density at radius 1 is 1.17 bits per heavy atom. The smallest absolute Gasteiger partial charge is 0.270 e. The predicted molar refractivity (Wildman–Crippen MR) is 103 cm³/mol. The van der Waals surface area contributed by atoms with E-state index in [2.05, 4.69) is 4.72 Å². The van der Waals surface area contributed by atoms with Crippen LogP contribution in [0.15, 0.2) is 53.4 Å². The molecule has 29 heavy (non-hydrogen) atoms. The molecule has 1 saturated heterocycles. The second-order valence-electron chi connectivity index (χ2n) is 6.82. The third-order valence-electron chi connectivity index (χ3n) is 4.91. The number of nitro benzene ring substituents is 1. The topological polar surface area (TPSA) is 110 Å². The van der Waals surface area contributed by atoms with Crippen molar-refractivity contribution in [2.75, 3.05) is 19.6 Å². The first-order valence-corrected chi connectivity index (χ1v) is 10.5. The molecule has 1 fully saturated rings. The number of nitrogens with one attached hydrogen (secondary N) is 1. The second kappa shape index (κ2) is 8.66. The normalized spacial score (nSPS) is 15.3. The summed E-state index contributed by atoms with van der Waals surface area (Å²) in [7, 11) is -3.88. The molecule has 0 atom stereocenters. The lowest BCUT2D eigenvalue weighted by Crippen LogP contribution is -2.41. The molecule has 8 nitrogen and oxygen atoms in total. The number of carbonyl (C=O) groups is 1. The average molecular weight is 421 g/mol. The summed E-state index contributed by atoms with van der Waals surface area (Å²) in [6.07, 6.45) is 1.13. The molecule has 1 amide bonds. The second-order valence-corrected chi connectivity index (χ2v) is 8.59.